The maximum absolute atomic E-state index is 12.2. The van der Waals surface area contributed by atoms with E-state index in [1.165, 1.54) is 5.56 Å². The number of amides is 1. The number of halogens is 1. The number of pyridine rings is 1. The van der Waals surface area contributed by atoms with Crippen LogP contribution in [0.2, 0.25) is 5.02 Å². The lowest BCUT2D eigenvalue weighted by Gasteiger charge is -2.02. The third kappa shape index (κ3) is 3.39. The van der Waals surface area contributed by atoms with Gasteiger partial charge in [-0.25, -0.2) is 5.43 Å². The smallest absolute Gasteiger partial charge is 0.243 e. The van der Waals surface area contributed by atoms with Gasteiger partial charge in [-0.2, -0.15) is 5.10 Å². The summed E-state index contributed by atoms with van der Waals surface area (Å²) in [4.78, 5) is 16.5. The highest BCUT2D eigenvalue weighted by atomic mass is 35.5. The van der Waals surface area contributed by atoms with Crippen molar-refractivity contribution in [2.45, 2.75) is 12.3 Å². The maximum Gasteiger partial charge on any atom is 0.243 e. The number of rotatable bonds is 4. The number of hydrogen-bond acceptors (Lipinski definition) is 3. The molecule has 0 radical (unpaired) electrons. The van der Waals surface area contributed by atoms with Crippen LogP contribution in [0.1, 0.15) is 23.5 Å². The third-order valence-corrected chi connectivity index (χ3v) is 4.71. The van der Waals surface area contributed by atoms with Crippen LogP contribution in [0.15, 0.2) is 65.9 Å². The molecule has 2 unspecified atom stereocenters. The molecule has 2 atom stereocenters. The van der Waals surface area contributed by atoms with Crippen molar-refractivity contribution in [2.24, 2.45) is 11.0 Å². The second-order valence-corrected chi connectivity index (χ2v) is 6.58. The predicted octanol–water partition coefficient (Wildman–Crippen LogP) is 4.14. The first kappa shape index (κ1) is 15.8. The summed E-state index contributed by atoms with van der Waals surface area (Å²) in [6.07, 6.45) is 4.19. The van der Waals surface area contributed by atoms with Crippen molar-refractivity contribution >= 4 is 34.6 Å². The van der Waals surface area contributed by atoms with Gasteiger partial charge < -0.3 is 0 Å². The van der Waals surface area contributed by atoms with Crippen LogP contribution < -0.4 is 5.43 Å². The van der Waals surface area contributed by atoms with Crippen molar-refractivity contribution in [1.29, 1.82) is 0 Å². The van der Waals surface area contributed by atoms with Crippen LogP contribution in [0.25, 0.3) is 10.9 Å². The van der Waals surface area contributed by atoms with Crippen molar-refractivity contribution in [3.8, 4) is 0 Å². The zero-order valence-corrected chi connectivity index (χ0v) is 14.1. The summed E-state index contributed by atoms with van der Waals surface area (Å²) >= 11 is 6.24. The monoisotopic (exact) mass is 349 g/mol. The summed E-state index contributed by atoms with van der Waals surface area (Å²) in [7, 11) is 0. The normalized spacial score (nSPS) is 19.2. The van der Waals surface area contributed by atoms with E-state index in [-0.39, 0.29) is 11.8 Å². The Balaban J connectivity index is 1.41. The van der Waals surface area contributed by atoms with Gasteiger partial charge >= 0.3 is 0 Å². The molecule has 4 rings (SSSR count). The van der Waals surface area contributed by atoms with E-state index < -0.39 is 0 Å². The molecule has 2 aromatic carbocycles. The molecular formula is C20H16ClN3O. The average molecular weight is 350 g/mol. The van der Waals surface area contributed by atoms with Crippen LogP contribution in [0, 0.1) is 5.92 Å². The van der Waals surface area contributed by atoms with Gasteiger partial charge in [0.2, 0.25) is 5.91 Å². The van der Waals surface area contributed by atoms with Crippen molar-refractivity contribution in [3.63, 3.8) is 0 Å². The fraction of sp³-hybridized carbons (Fsp3) is 0.150. The number of hydrazone groups is 1. The van der Waals surface area contributed by atoms with Crippen LogP contribution in [-0.4, -0.2) is 17.1 Å². The standard InChI is InChI=1S/C20H16ClN3O/c21-18-10-13(9-15-7-4-8-22-19(15)18)12-23-24-20(25)17-11-16(17)14-5-2-1-3-6-14/h1-10,12,16-17H,11H2,(H,24,25). The Morgan fingerprint density at radius 1 is 1.20 bits per heavy atom. The van der Waals surface area contributed by atoms with Gasteiger partial charge in [-0.3, -0.25) is 9.78 Å². The lowest BCUT2D eigenvalue weighted by Crippen LogP contribution is -2.20. The molecule has 25 heavy (non-hydrogen) atoms. The number of benzene rings is 2. The molecule has 124 valence electrons. The number of aromatic nitrogens is 1. The minimum atomic E-state index is -0.0429. The molecule has 1 saturated carbocycles. The lowest BCUT2D eigenvalue weighted by molar-refractivity contribution is -0.122. The van der Waals surface area contributed by atoms with Crippen molar-refractivity contribution in [1.82, 2.24) is 10.4 Å². The molecule has 1 amide bonds. The average Bonchev–Trinajstić information content (AvgIpc) is 3.43. The number of carbonyl (C=O) groups is 1. The summed E-state index contributed by atoms with van der Waals surface area (Å²) in [6, 6.07) is 17.6. The topological polar surface area (TPSA) is 54.4 Å². The molecule has 5 heteroatoms. The van der Waals surface area contributed by atoms with Crippen molar-refractivity contribution in [2.75, 3.05) is 0 Å². The Kier molecular flexibility index (Phi) is 4.20. The van der Waals surface area contributed by atoms with E-state index in [4.69, 9.17) is 11.6 Å². The predicted molar refractivity (Wildman–Crippen MR) is 99.8 cm³/mol. The van der Waals surface area contributed by atoms with Crippen LogP contribution >= 0.6 is 11.6 Å². The van der Waals surface area contributed by atoms with Crippen LogP contribution in [0.4, 0.5) is 0 Å². The molecular weight excluding hydrogens is 334 g/mol. The Hall–Kier alpha value is -2.72. The first-order chi connectivity index (χ1) is 12.2. The fourth-order valence-electron chi connectivity index (χ4n) is 3.05. The largest absolute Gasteiger partial charge is 0.273 e. The van der Waals surface area contributed by atoms with Gasteiger partial charge in [0.1, 0.15) is 0 Å². The highest BCUT2D eigenvalue weighted by Gasteiger charge is 2.43. The molecule has 1 N–H and O–H groups in total. The molecule has 1 heterocycles. The van der Waals surface area contributed by atoms with E-state index in [1.54, 1.807) is 18.5 Å². The molecule has 1 aromatic heterocycles. The minimum Gasteiger partial charge on any atom is -0.273 e. The van der Waals surface area contributed by atoms with Gasteiger partial charge in [0.25, 0.3) is 0 Å². The summed E-state index contributed by atoms with van der Waals surface area (Å²) in [6.45, 7) is 0. The second kappa shape index (κ2) is 6.65. The zero-order valence-electron chi connectivity index (χ0n) is 13.4. The lowest BCUT2D eigenvalue weighted by atomic mass is 10.1. The van der Waals surface area contributed by atoms with Gasteiger partial charge in [-0.15, -0.1) is 0 Å². The minimum absolute atomic E-state index is 0.00365. The fourth-order valence-corrected chi connectivity index (χ4v) is 3.33. The van der Waals surface area contributed by atoms with Crippen molar-refractivity contribution < 1.29 is 4.79 Å². The number of hydrogen-bond donors (Lipinski definition) is 1. The highest BCUT2D eigenvalue weighted by Crippen LogP contribution is 2.47. The Morgan fingerprint density at radius 3 is 2.88 bits per heavy atom. The van der Waals surface area contributed by atoms with Crippen molar-refractivity contribution in [3.05, 3.63) is 76.9 Å². The number of fused-ring (bicyclic) bond motifs is 1. The second-order valence-electron chi connectivity index (χ2n) is 6.17. The van der Waals surface area contributed by atoms with E-state index in [0.29, 0.717) is 10.9 Å². The summed E-state index contributed by atoms with van der Waals surface area (Å²) < 4.78 is 0. The van der Waals surface area contributed by atoms with Gasteiger partial charge in [0.15, 0.2) is 0 Å². The van der Waals surface area contributed by atoms with Gasteiger partial charge in [0, 0.05) is 17.5 Å². The first-order valence-corrected chi connectivity index (χ1v) is 8.52. The van der Waals surface area contributed by atoms with E-state index >= 15 is 0 Å². The van der Waals surface area contributed by atoms with Gasteiger partial charge in [-0.1, -0.05) is 48.0 Å². The van der Waals surface area contributed by atoms with Gasteiger partial charge in [0.05, 0.1) is 16.8 Å². The van der Waals surface area contributed by atoms with E-state index in [2.05, 4.69) is 27.6 Å². The highest BCUT2D eigenvalue weighted by molar-refractivity contribution is 6.35. The molecule has 1 aliphatic carbocycles. The maximum atomic E-state index is 12.2. The molecule has 1 fully saturated rings. The molecule has 0 aliphatic heterocycles. The quantitative estimate of drug-likeness (QED) is 0.568. The van der Waals surface area contributed by atoms with Crippen LogP contribution in [0.3, 0.4) is 0 Å². The molecule has 0 bridgehead atoms. The van der Waals surface area contributed by atoms with Gasteiger partial charge in [-0.05, 0) is 41.7 Å². The number of nitrogens with zero attached hydrogens (tertiary/aromatic N) is 2. The number of nitrogens with one attached hydrogen (secondary N) is 1. The Bertz CT molecular complexity index is 956. The molecule has 0 saturated heterocycles. The third-order valence-electron chi connectivity index (χ3n) is 4.42. The Morgan fingerprint density at radius 2 is 2.04 bits per heavy atom. The van der Waals surface area contributed by atoms with Crippen LogP contribution in [-0.2, 0) is 4.79 Å². The van der Waals surface area contributed by atoms with Crippen LogP contribution in [0.5, 0.6) is 0 Å². The summed E-state index contributed by atoms with van der Waals surface area (Å²) in [5.41, 5.74) is 5.42. The molecule has 4 nitrogen and oxygen atoms in total. The van der Waals surface area contributed by atoms with E-state index in [0.717, 1.165) is 22.9 Å². The molecule has 0 spiro atoms. The number of carbonyl (C=O) groups excluding carboxylic acids is 1. The molecule has 3 aromatic rings. The van der Waals surface area contributed by atoms with E-state index in [1.807, 2.05) is 36.4 Å². The Labute approximate surface area is 150 Å². The SMILES string of the molecule is O=C(NN=Cc1cc(Cl)c2ncccc2c1)C1CC1c1ccccc1. The van der Waals surface area contributed by atoms with E-state index in [9.17, 15) is 4.79 Å². The molecule has 1 aliphatic rings. The summed E-state index contributed by atoms with van der Waals surface area (Å²) in [5, 5.41) is 5.58. The first-order valence-electron chi connectivity index (χ1n) is 8.14. The summed E-state index contributed by atoms with van der Waals surface area (Å²) in [5.74, 6) is 0.264. The zero-order chi connectivity index (χ0) is 17.2.